The number of rotatable bonds is 6. The summed E-state index contributed by atoms with van der Waals surface area (Å²) in [6.07, 6.45) is 6.18. The van der Waals surface area contributed by atoms with Crippen LogP contribution in [-0.2, 0) is 17.8 Å². The van der Waals surface area contributed by atoms with Crippen LogP contribution in [0.25, 0.3) is 10.9 Å². The van der Waals surface area contributed by atoms with Crippen LogP contribution in [0.15, 0.2) is 30.5 Å². The summed E-state index contributed by atoms with van der Waals surface area (Å²) in [5.74, 6) is -0.376. The SMILES string of the molecule is CC[C@@H](NC(=O)c1ccc2[nH]ncc2c1)C(=O)N1CCc2sc(C(=O)NC3CCC3)cc2C1. The van der Waals surface area contributed by atoms with Crippen molar-refractivity contribution in [3.05, 3.63) is 51.3 Å². The number of thiophene rings is 1. The number of aromatic nitrogens is 2. The van der Waals surface area contributed by atoms with Gasteiger partial charge in [0.1, 0.15) is 6.04 Å². The van der Waals surface area contributed by atoms with Crippen molar-refractivity contribution < 1.29 is 14.4 Å². The van der Waals surface area contributed by atoms with Crippen LogP contribution in [0.3, 0.4) is 0 Å². The second kappa shape index (κ2) is 8.97. The molecule has 3 amide bonds. The number of amides is 3. The van der Waals surface area contributed by atoms with E-state index in [9.17, 15) is 14.4 Å². The molecule has 1 aliphatic heterocycles. The number of nitrogens with zero attached hydrogens (tertiary/aromatic N) is 2. The van der Waals surface area contributed by atoms with Crippen LogP contribution in [0.5, 0.6) is 0 Å². The number of H-pyrrole nitrogens is 1. The average Bonchev–Trinajstić information content (AvgIpc) is 3.44. The smallest absolute Gasteiger partial charge is 0.261 e. The normalized spacial score (nSPS) is 16.7. The molecule has 0 bridgehead atoms. The molecule has 0 unspecified atom stereocenters. The lowest BCUT2D eigenvalue weighted by molar-refractivity contribution is -0.134. The van der Waals surface area contributed by atoms with E-state index in [0.29, 0.717) is 31.1 Å². The van der Waals surface area contributed by atoms with Gasteiger partial charge in [-0.15, -0.1) is 11.3 Å². The second-order valence-corrected chi connectivity index (χ2v) is 9.91. The minimum Gasteiger partial charge on any atom is -0.349 e. The molecule has 33 heavy (non-hydrogen) atoms. The number of fused-ring (bicyclic) bond motifs is 2. The third-order valence-corrected chi connectivity index (χ3v) is 7.79. The van der Waals surface area contributed by atoms with Crippen molar-refractivity contribution in [2.45, 2.75) is 57.7 Å². The molecule has 3 N–H and O–H groups in total. The molecule has 3 aromatic rings. The van der Waals surface area contributed by atoms with E-state index in [4.69, 9.17) is 0 Å². The van der Waals surface area contributed by atoms with E-state index in [2.05, 4.69) is 20.8 Å². The van der Waals surface area contributed by atoms with Crippen molar-refractivity contribution >= 4 is 40.0 Å². The minimum atomic E-state index is -0.598. The third-order valence-electron chi connectivity index (χ3n) is 6.56. The molecule has 5 rings (SSSR count). The Morgan fingerprint density at radius 2 is 2.09 bits per heavy atom. The first-order chi connectivity index (χ1) is 16.0. The maximum absolute atomic E-state index is 13.2. The van der Waals surface area contributed by atoms with Gasteiger partial charge < -0.3 is 15.5 Å². The summed E-state index contributed by atoms with van der Waals surface area (Å²) in [5, 5.41) is 13.7. The number of benzene rings is 1. The highest BCUT2D eigenvalue weighted by Crippen LogP contribution is 2.29. The summed E-state index contributed by atoms with van der Waals surface area (Å²) < 4.78 is 0. The van der Waals surface area contributed by atoms with Crippen LogP contribution in [0.4, 0.5) is 0 Å². The Morgan fingerprint density at radius 1 is 1.24 bits per heavy atom. The lowest BCUT2D eigenvalue weighted by Gasteiger charge is -2.30. The molecule has 1 atom stereocenters. The number of nitrogens with one attached hydrogen (secondary N) is 3. The molecule has 1 aliphatic carbocycles. The van der Waals surface area contributed by atoms with Crippen molar-refractivity contribution in [3.8, 4) is 0 Å². The summed E-state index contributed by atoms with van der Waals surface area (Å²) in [7, 11) is 0. The van der Waals surface area contributed by atoms with Crippen molar-refractivity contribution in [1.29, 1.82) is 0 Å². The van der Waals surface area contributed by atoms with Crippen molar-refractivity contribution in [2.75, 3.05) is 6.54 Å². The average molecular weight is 466 g/mol. The summed E-state index contributed by atoms with van der Waals surface area (Å²) in [6, 6.07) is 6.92. The molecule has 1 fully saturated rings. The van der Waals surface area contributed by atoms with Crippen LogP contribution in [0.2, 0.25) is 0 Å². The van der Waals surface area contributed by atoms with Gasteiger partial charge in [-0.2, -0.15) is 5.10 Å². The van der Waals surface area contributed by atoms with Crippen molar-refractivity contribution in [3.63, 3.8) is 0 Å². The van der Waals surface area contributed by atoms with Gasteiger partial charge in [0.15, 0.2) is 0 Å². The van der Waals surface area contributed by atoms with Gasteiger partial charge in [0.05, 0.1) is 16.6 Å². The Kier molecular flexibility index (Phi) is 5.88. The minimum absolute atomic E-state index is 0.00901. The van der Waals surface area contributed by atoms with E-state index in [1.165, 1.54) is 22.6 Å². The van der Waals surface area contributed by atoms with Gasteiger partial charge in [-0.05, 0) is 61.9 Å². The van der Waals surface area contributed by atoms with Crippen LogP contribution in [0.1, 0.15) is 63.1 Å². The first-order valence-electron chi connectivity index (χ1n) is 11.5. The van der Waals surface area contributed by atoms with E-state index in [-0.39, 0.29) is 17.7 Å². The monoisotopic (exact) mass is 465 g/mol. The highest BCUT2D eigenvalue weighted by Gasteiger charge is 2.30. The van der Waals surface area contributed by atoms with Gasteiger partial charge in [-0.1, -0.05) is 6.92 Å². The first kappa shape index (κ1) is 21.6. The summed E-state index contributed by atoms with van der Waals surface area (Å²) >= 11 is 1.53. The summed E-state index contributed by atoms with van der Waals surface area (Å²) in [4.78, 5) is 42.2. The van der Waals surface area contributed by atoms with Crippen molar-refractivity contribution in [1.82, 2.24) is 25.7 Å². The highest BCUT2D eigenvalue weighted by molar-refractivity contribution is 7.14. The first-order valence-corrected chi connectivity index (χ1v) is 12.3. The molecule has 0 saturated heterocycles. The van der Waals surface area contributed by atoms with Gasteiger partial charge in [0.2, 0.25) is 5.91 Å². The third kappa shape index (κ3) is 4.37. The van der Waals surface area contributed by atoms with Crippen LogP contribution in [-0.4, -0.2) is 51.4 Å². The molecule has 9 heteroatoms. The lowest BCUT2D eigenvalue weighted by Crippen LogP contribution is -2.49. The Balaban J connectivity index is 1.23. The van der Waals surface area contributed by atoms with Crippen LogP contribution < -0.4 is 10.6 Å². The summed E-state index contributed by atoms with van der Waals surface area (Å²) in [6.45, 7) is 2.95. The zero-order valence-corrected chi connectivity index (χ0v) is 19.3. The van der Waals surface area contributed by atoms with Crippen LogP contribution in [0, 0.1) is 0 Å². The number of aromatic amines is 1. The topological polar surface area (TPSA) is 107 Å². The predicted octanol–water partition coefficient (Wildman–Crippen LogP) is 3.00. The Morgan fingerprint density at radius 3 is 2.85 bits per heavy atom. The Bertz CT molecular complexity index is 1210. The molecular weight excluding hydrogens is 438 g/mol. The van der Waals surface area contributed by atoms with Gasteiger partial charge in [0, 0.05) is 35.0 Å². The molecule has 8 nitrogen and oxygen atoms in total. The lowest BCUT2D eigenvalue weighted by atomic mass is 9.93. The molecule has 172 valence electrons. The largest absolute Gasteiger partial charge is 0.349 e. The van der Waals surface area contributed by atoms with E-state index < -0.39 is 6.04 Å². The van der Waals surface area contributed by atoms with Gasteiger partial charge in [0.25, 0.3) is 11.8 Å². The fourth-order valence-electron chi connectivity index (χ4n) is 4.33. The number of carbonyl (C=O) groups is 3. The zero-order valence-electron chi connectivity index (χ0n) is 18.5. The predicted molar refractivity (Wildman–Crippen MR) is 126 cm³/mol. The maximum Gasteiger partial charge on any atom is 0.261 e. The van der Waals surface area contributed by atoms with E-state index in [0.717, 1.165) is 40.6 Å². The van der Waals surface area contributed by atoms with Crippen molar-refractivity contribution in [2.24, 2.45) is 0 Å². The second-order valence-electron chi connectivity index (χ2n) is 8.78. The molecule has 3 heterocycles. The molecule has 1 saturated carbocycles. The number of hydrogen-bond donors (Lipinski definition) is 3. The van der Waals surface area contributed by atoms with Crippen LogP contribution >= 0.6 is 11.3 Å². The molecule has 0 radical (unpaired) electrons. The maximum atomic E-state index is 13.2. The Labute approximate surface area is 195 Å². The number of hydrogen-bond acceptors (Lipinski definition) is 5. The van der Waals surface area contributed by atoms with Gasteiger partial charge in [-0.25, -0.2) is 0 Å². The van der Waals surface area contributed by atoms with E-state index >= 15 is 0 Å². The molecule has 2 aromatic heterocycles. The van der Waals surface area contributed by atoms with Gasteiger partial charge >= 0.3 is 0 Å². The highest BCUT2D eigenvalue weighted by atomic mass is 32.1. The fraction of sp³-hybridized carbons (Fsp3) is 0.417. The van der Waals surface area contributed by atoms with Gasteiger partial charge in [-0.3, -0.25) is 19.5 Å². The molecule has 1 aromatic carbocycles. The Hall–Kier alpha value is -3.20. The zero-order chi connectivity index (χ0) is 22.9. The number of carbonyl (C=O) groups excluding carboxylic acids is 3. The fourth-order valence-corrected chi connectivity index (χ4v) is 5.39. The standard InChI is InChI=1S/C24H27N5O3S/c1-2-18(27-22(30)14-6-7-19-15(10-14)12-25-28-19)24(32)29-9-8-20-16(13-29)11-21(33-20)23(31)26-17-4-3-5-17/h6-7,10-12,17-18H,2-5,8-9,13H2,1H3,(H,25,28)(H,26,31)(H,27,30)/t18-/m1/s1. The molecule has 2 aliphatic rings. The summed E-state index contributed by atoms with van der Waals surface area (Å²) in [5.41, 5.74) is 2.39. The van der Waals surface area contributed by atoms with E-state index in [1.54, 1.807) is 23.2 Å². The van der Waals surface area contributed by atoms with E-state index in [1.807, 2.05) is 19.1 Å². The quantitative estimate of drug-likeness (QED) is 0.520. The molecule has 0 spiro atoms. The molecular formula is C24H27N5O3S.